The number of amides is 2. The number of nitrogens with one attached hydrogen (secondary N) is 1. The van der Waals surface area contributed by atoms with E-state index >= 15 is 0 Å². The van der Waals surface area contributed by atoms with Crippen molar-refractivity contribution in [1.29, 1.82) is 0 Å². The zero-order chi connectivity index (χ0) is 18.7. The average molecular weight is 358 g/mol. The highest BCUT2D eigenvalue weighted by molar-refractivity contribution is 5.95. The van der Waals surface area contributed by atoms with Gasteiger partial charge in [0, 0.05) is 24.6 Å². The van der Waals surface area contributed by atoms with Crippen LogP contribution in [0.5, 0.6) is 0 Å². The highest BCUT2D eigenvalue weighted by atomic mass is 19.1. The van der Waals surface area contributed by atoms with Gasteiger partial charge in [0.1, 0.15) is 17.3 Å². The van der Waals surface area contributed by atoms with Crippen LogP contribution >= 0.6 is 0 Å². The number of rotatable bonds is 3. The number of para-hydroxylation sites is 1. The van der Waals surface area contributed by atoms with Gasteiger partial charge in [-0.2, -0.15) is 0 Å². The van der Waals surface area contributed by atoms with Gasteiger partial charge in [0.15, 0.2) is 0 Å². The number of hydrogen-bond acceptors (Lipinski definition) is 2. The summed E-state index contributed by atoms with van der Waals surface area (Å²) in [5.41, 5.74) is 1.22. The van der Waals surface area contributed by atoms with Gasteiger partial charge in [0.2, 0.25) is 5.91 Å². The molecular formula is C20H20F2N2O2. The lowest BCUT2D eigenvalue weighted by atomic mass is 9.95. The minimum Gasteiger partial charge on any atom is -0.339 e. The predicted molar refractivity (Wildman–Crippen MR) is 94.8 cm³/mol. The Morgan fingerprint density at radius 2 is 1.65 bits per heavy atom. The molecule has 1 fully saturated rings. The van der Waals surface area contributed by atoms with Crippen LogP contribution in [0.2, 0.25) is 0 Å². The first kappa shape index (κ1) is 18.0. The van der Waals surface area contributed by atoms with Crippen molar-refractivity contribution in [3.8, 4) is 0 Å². The van der Waals surface area contributed by atoms with Gasteiger partial charge in [-0.15, -0.1) is 0 Å². The summed E-state index contributed by atoms with van der Waals surface area (Å²) in [6.45, 7) is 2.80. The molecule has 0 aliphatic carbocycles. The zero-order valence-corrected chi connectivity index (χ0v) is 14.5. The molecule has 0 bridgehead atoms. The molecule has 0 unspecified atom stereocenters. The third-order valence-corrected chi connectivity index (χ3v) is 4.63. The van der Waals surface area contributed by atoms with E-state index in [1.165, 1.54) is 6.07 Å². The summed E-state index contributed by atoms with van der Waals surface area (Å²) >= 11 is 0. The summed E-state index contributed by atoms with van der Waals surface area (Å²) in [4.78, 5) is 26.6. The number of aryl methyl sites for hydroxylation is 1. The van der Waals surface area contributed by atoms with E-state index < -0.39 is 23.2 Å². The zero-order valence-electron chi connectivity index (χ0n) is 14.5. The molecule has 136 valence electrons. The summed E-state index contributed by atoms with van der Waals surface area (Å²) in [7, 11) is 0. The van der Waals surface area contributed by atoms with E-state index in [0.29, 0.717) is 31.5 Å². The maximum atomic E-state index is 13.7. The van der Waals surface area contributed by atoms with E-state index in [1.54, 1.807) is 11.0 Å². The van der Waals surface area contributed by atoms with Crippen LogP contribution in [0.4, 0.5) is 14.5 Å². The fraction of sp³-hybridized carbons (Fsp3) is 0.300. The maximum absolute atomic E-state index is 13.7. The first-order chi connectivity index (χ1) is 12.5. The Hall–Kier alpha value is -2.76. The number of halogens is 2. The quantitative estimate of drug-likeness (QED) is 0.908. The fourth-order valence-electron chi connectivity index (χ4n) is 3.15. The monoisotopic (exact) mass is 358 g/mol. The lowest BCUT2D eigenvalue weighted by molar-refractivity contribution is -0.121. The first-order valence-corrected chi connectivity index (χ1v) is 8.56. The standard InChI is InChI=1S/C20H20F2N2O2/c1-13-4-2-5-15(12-13)20(26)24-10-8-14(9-11-24)19(25)23-18-16(21)6-3-7-17(18)22/h2-7,12,14H,8-11H2,1H3,(H,23,25). The third-order valence-electron chi connectivity index (χ3n) is 4.63. The molecule has 0 atom stereocenters. The SMILES string of the molecule is Cc1cccc(C(=O)N2CCC(C(=O)Nc3c(F)cccc3F)CC2)c1. The summed E-state index contributed by atoms with van der Waals surface area (Å²) in [6.07, 6.45) is 0.916. The van der Waals surface area contributed by atoms with E-state index in [9.17, 15) is 18.4 Å². The lowest BCUT2D eigenvalue weighted by Crippen LogP contribution is -2.41. The molecule has 1 heterocycles. The van der Waals surface area contributed by atoms with Crippen molar-refractivity contribution in [1.82, 2.24) is 4.90 Å². The lowest BCUT2D eigenvalue weighted by Gasteiger charge is -2.31. The van der Waals surface area contributed by atoms with Crippen molar-refractivity contribution in [2.75, 3.05) is 18.4 Å². The van der Waals surface area contributed by atoms with Crippen LogP contribution in [0.1, 0.15) is 28.8 Å². The van der Waals surface area contributed by atoms with Crippen molar-refractivity contribution in [3.05, 3.63) is 65.2 Å². The molecule has 2 amide bonds. The Balaban J connectivity index is 1.60. The van der Waals surface area contributed by atoms with Gasteiger partial charge in [-0.1, -0.05) is 23.8 Å². The molecule has 2 aromatic rings. The Kier molecular flexibility index (Phi) is 5.30. The van der Waals surface area contributed by atoms with Crippen LogP contribution in [0.3, 0.4) is 0 Å². The van der Waals surface area contributed by atoms with Crippen LogP contribution in [-0.2, 0) is 4.79 Å². The molecule has 26 heavy (non-hydrogen) atoms. The van der Waals surface area contributed by atoms with Gasteiger partial charge < -0.3 is 10.2 Å². The predicted octanol–water partition coefficient (Wildman–Crippen LogP) is 3.76. The molecule has 1 saturated heterocycles. The average Bonchev–Trinajstić information content (AvgIpc) is 2.64. The molecule has 4 nitrogen and oxygen atoms in total. The Bertz CT molecular complexity index is 810. The van der Waals surface area contributed by atoms with Gasteiger partial charge in [-0.05, 0) is 44.0 Å². The van der Waals surface area contributed by atoms with E-state index in [4.69, 9.17) is 0 Å². The van der Waals surface area contributed by atoms with E-state index in [0.717, 1.165) is 17.7 Å². The second-order valence-electron chi connectivity index (χ2n) is 6.52. The highest BCUT2D eigenvalue weighted by Gasteiger charge is 2.28. The molecule has 0 saturated carbocycles. The van der Waals surface area contributed by atoms with Crippen molar-refractivity contribution in [2.45, 2.75) is 19.8 Å². The second-order valence-corrected chi connectivity index (χ2v) is 6.52. The molecule has 0 radical (unpaired) electrons. The number of carbonyl (C=O) groups is 2. The maximum Gasteiger partial charge on any atom is 0.253 e. The van der Waals surface area contributed by atoms with E-state index in [1.807, 2.05) is 25.1 Å². The Morgan fingerprint density at radius 1 is 1.04 bits per heavy atom. The summed E-state index contributed by atoms with van der Waals surface area (Å²) in [5.74, 6) is -2.46. The fourth-order valence-corrected chi connectivity index (χ4v) is 3.15. The second kappa shape index (κ2) is 7.64. The number of nitrogens with zero attached hydrogens (tertiary/aromatic N) is 1. The Labute approximate surface area is 150 Å². The molecule has 1 aliphatic heterocycles. The van der Waals surface area contributed by atoms with E-state index in [-0.39, 0.29) is 11.8 Å². The molecule has 1 N–H and O–H groups in total. The molecule has 3 rings (SSSR count). The number of hydrogen-bond donors (Lipinski definition) is 1. The van der Waals surface area contributed by atoms with Crippen LogP contribution in [0.25, 0.3) is 0 Å². The molecule has 0 spiro atoms. The number of benzene rings is 2. The molecular weight excluding hydrogens is 338 g/mol. The van der Waals surface area contributed by atoms with Gasteiger partial charge in [-0.25, -0.2) is 8.78 Å². The third kappa shape index (κ3) is 3.90. The van der Waals surface area contributed by atoms with Crippen LogP contribution in [-0.4, -0.2) is 29.8 Å². The van der Waals surface area contributed by atoms with Crippen molar-refractivity contribution >= 4 is 17.5 Å². The van der Waals surface area contributed by atoms with Crippen molar-refractivity contribution < 1.29 is 18.4 Å². The van der Waals surface area contributed by atoms with Crippen LogP contribution < -0.4 is 5.32 Å². The number of carbonyl (C=O) groups excluding carboxylic acids is 2. The highest BCUT2D eigenvalue weighted by Crippen LogP contribution is 2.23. The van der Waals surface area contributed by atoms with Gasteiger partial charge >= 0.3 is 0 Å². The van der Waals surface area contributed by atoms with Crippen molar-refractivity contribution in [2.24, 2.45) is 5.92 Å². The molecule has 6 heteroatoms. The molecule has 2 aromatic carbocycles. The van der Waals surface area contributed by atoms with Crippen LogP contribution in [0.15, 0.2) is 42.5 Å². The van der Waals surface area contributed by atoms with Crippen LogP contribution in [0, 0.1) is 24.5 Å². The largest absolute Gasteiger partial charge is 0.339 e. The molecule has 1 aliphatic rings. The number of likely N-dealkylation sites (tertiary alicyclic amines) is 1. The first-order valence-electron chi connectivity index (χ1n) is 8.56. The Morgan fingerprint density at radius 3 is 2.27 bits per heavy atom. The summed E-state index contributed by atoms with van der Waals surface area (Å²) < 4.78 is 27.3. The van der Waals surface area contributed by atoms with Gasteiger partial charge in [0.05, 0.1) is 0 Å². The summed E-state index contributed by atoms with van der Waals surface area (Å²) in [5, 5.41) is 2.34. The number of anilines is 1. The van der Waals surface area contributed by atoms with E-state index in [2.05, 4.69) is 5.32 Å². The van der Waals surface area contributed by atoms with Gasteiger partial charge in [-0.3, -0.25) is 9.59 Å². The minimum absolute atomic E-state index is 0.0623. The number of piperidine rings is 1. The van der Waals surface area contributed by atoms with Gasteiger partial charge in [0.25, 0.3) is 5.91 Å². The molecule has 0 aromatic heterocycles. The normalized spacial score (nSPS) is 15.0. The topological polar surface area (TPSA) is 49.4 Å². The smallest absolute Gasteiger partial charge is 0.253 e. The summed E-state index contributed by atoms with van der Waals surface area (Å²) in [6, 6.07) is 10.8. The minimum atomic E-state index is -0.801. The van der Waals surface area contributed by atoms with Crippen molar-refractivity contribution in [3.63, 3.8) is 0 Å².